The average molecular weight is 266 g/mol. The van der Waals surface area contributed by atoms with Crippen molar-refractivity contribution in [2.24, 2.45) is 0 Å². The predicted octanol–water partition coefficient (Wildman–Crippen LogP) is 1.97. The first kappa shape index (κ1) is 7.69. The van der Waals surface area contributed by atoms with E-state index >= 15 is 0 Å². The topological polar surface area (TPSA) is 0 Å². The maximum Gasteiger partial charge on any atom is 2.00 e. The van der Waals surface area contributed by atoms with Crippen LogP contribution < -0.4 is 0 Å². The van der Waals surface area contributed by atoms with Crippen molar-refractivity contribution in [3.63, 3.8) is 0 Å². The molecule has 0 aromatic carbocycles. The van der Waals surface area contributed by atoms with E-state index in [4.69, 9.17) is 0 Å². The van der Waals surface area contributed by atoms with Gasteiger partial charge in [0.2, 0.25) is 0 Å². The van der Waals surface area contributed by atoms with E-state index in [0.29, 0.717) is 0 Å². The molecule has 0 radical (unpaired) electrons. The standard InChI is InChI=1S/C6H10.W/c1-2-4-6-5-3-1;/h1,4H,2-3,5-6H2;/q-2;+2. The van der Waals surface area contributed by atoms with E-state index in [1.54, 1.807) is 0 Å². The summed E-state index contributed by atoms with van der Waals surface area (Å²) in [5, 5.41) is 0. The molecule has 40 valence electrons. The summed E-state index contributed by atoms with van der Waals surface area (Å²) < 4.78 is 0. The monoisotopic (exact) mass is 266 g/mol. The fourth-order valence-corrected chi connectivity index (χ4v) is 0.760. The van der Waals surface area contributed by atoms with Crippen molar-refractivity contribution in [2.75, 3.05) is 0 Å². The van der Waals surface area contributed by atoms with E-state index in [1.165, 1.54) is 25.7 Å². The molecule has 1 rings (SSSR count). The van der Waals surface area contributed by atoms with E-state index in [1.807, 2.05) is 0 Å². The summed E-state index contributed by atoms with van der Waals surface area (Å²) in [5.74, 6) is 0. The van der Waals surface area contributed by atoms with Gasteiger partial charge in [0.25, 0.3) is 0 Å². The van der Waals surface area contributed by atoms with Crippen LogP contribution in [0.4, 0.5) is 0 Å². The molecule has 1 saturated carbocycles. The summed E-state index contributed by atoms with van der Waals surface area (Å²) in [6, 6.07) is 0. The summed E-state index contributed by atoms with van der Waals surface area (Å²) in [6.07, 6.45) is 10.0. The Hall–Kier alpha value is 0.688. The molecule has 0 nitrogen and oxygen atoms in total. The maximum atomic E-state index is 2.34. The van der Waals surface area contributed by atoms with Crippen molar-refractivity contribution < 1.29 is 21.1 Å². The third-order valence-electron chi connectivity index (χ3n) is 1.15. The molecule has 1 aliphatic rings. The molecule has 1 fully saturated rings. The molecule has 0 heterocycles. The molecule has 1 heteroatoms. The van der Waals surface area contributed by atoms with Crippen molar-refractivity contribution in [3.05, 3.63) is 12.8 Å². The zero-order chi connectivity index (χ0) is 4.24. The van der Waals surface area contributed by atoms with Crippen LogP contribution in [0.3, 0.4) is 0 Å². The molecule has 0 saturated heterocycles. The molecule has 7 heavy (non-hydrogen) atoms. The Morgan fingerprint density at radius 2 is 1.57 bits per heavy atom. The van der Waals surface area contributed by atoms with Crippen molar-refractivity contribution >= 4 is 0 Å². The normalized spacial score (nSPS) is 20.6. The third kappa shape index (κ3) is 3.29. The molecular formula is C6H10W. The zero-order valence-corrected chi connectivity index (χ0v) is 7.32. The molecule has 0 N–H and O–H groups in total. The summed E-state index contributed by atoms with van der Waals surface area (Å²) in [7, 11) is 0. The van der Waals surface area contributed by atoms with E-state index in [2.05, 4.69) is 12.8 Å². The summed E-state index contributed by atoms with van der Waals surface area (Å²) in [4.78, 5) is 0. The van der Waals surface area contributed by atoms with Gasteiger partial charge in [-0.1, -0.05) is 0 Å². The van der Waals surface area contributed by atoms with Crippen LogP contribution in [0.1, 0.15) is 25.7 Å². The Kier molecular flexibility index (Phi) is 5.31. The fraction of sp³-hybridized carbons (Fsp3) is 0.667. The van der Waals surface area contributed by atoms with E-state index < -0.39 is 0 Å². The molecular weight excluding hydrogens is 256 g/mol. The molecule has 0 aromatic heterocycles. The van der Waals surface area contributed by atoms with Crippen molar-refractivity contribution in [3.8, 4) is 0 Å². The summed E-state index contributed by atoms with van der Waals surface area (Å²) in [6.45, 7) is 0. The van der Waals surface area contributed by atoms with Crippen LogP contribution in [-0.4, -0.2) is 0 Å². The number of rotatable bonds is 0. The molecule has 0 aromatic rings. The van der Waals surface area contributed by atoms with Gasteiger partial charge < -0.3 is 19.3 Å². The van der Waals surface area contributed by atoms with Crippen molar-refractivity contribution in [1.82, 2.24) is 0 Å². The van der Waals surface area contributed by atoms with Crippen LogP contribution in [-0.2, 0) is 21.1 Å². The summed E-state index contributed by atoms with van der Waals surface area (Å²) >= 11 is 0. The first-order chi connectivity index (χ1) is 3.00. The van der Waals surface area contributed by atoms with Crippen LogP contribution in [0.5, 0.6) is 0 Å². The van der Waals surface area contributed by atoms with E-state index in [9.17, 15) is 0 Å². The van der Waals surface area contributed by atoms with Crippen LogP contribution in [0.15, 0.2) is 0 Å². The summed E-state index contributed by atoms with van der Waals surface area (Å²) in [5.41, 5.74) is 0. The van der Waals surface area contributed by atoms with Crippen LogP contribution >= 0.6 is 0 Å². The fourth-order valence-electron chi connectivity index (χ4n) is 0.760. The largest absolute Gasteiger partial charge is 2.00 e. The molecule has 0 amide bonds. The molecule has 1 aliphatic carbocycles. The minimum atomic E-state index is 0. The van der Waals surface area contributed by atoms with Gasteiger partial charge in [0.05, 0.1) is 0 Å². The van der Waals surface area contributed by atoms with Gasteiger partial charge >= 0.3 is 21.1 Å². The minimum Gasteiger partial charge on any atom is -0.357 e. The van der Waals surface area contributed by atoms with Gasteiger partial charge in [-0.25, -0.2) is 0 Å². The van der Waals surface area contributed by atoms with Crippen molar-refractivity contribution in [2.45, 2.75) is 25.7 Å². The van der Waals surface area contributed by atoms with Crippen molar-refractivity contribution in [1.29, 1.82) is 0 Å². The second-order valence-electron chi connectivity index (χ2n) is 1.74. The van der Waals surface area contributed by atoms with Gasteiger partial charge in [-0.3, -0.25) is 0 Å². The second-order valence-corrected chi connectivity index (χ2v) is 1.74. The smallest absolute Gasteiger partial charge is 0.357 e. The Morgan fingerprint density at radius 1 is 1.00 bits per heavy atom. The SMILES string of the molecule is [CH-]1C[CH-]CCC1.[W+2]. The molecule has 0 unspecified atom stereocenters. The predicted molar refractivity (Wildman–Crippen MR) is 27.1 cm³/mol. The molecule has 0 atom stereocenters. The Morgan fingerprint density at radius 3 is 1.71 bits per heavy atom. The first-order valence-electron chi connectivity index (χ1n) is 2.63. The van der Waals surface area contributed by atoms with Crippen LogP contribution in [0.2, 0.25) is 0 Å². The minimum absolute atomic E-state index is 0. The molecule has 0 spiro atoms. The Labute approximate surface area is 59.9 Å². The van der Waals surface area contributed by atoms with E-state index in [0.717, 1.165) is 0 Å². The van der Waals surface area contributed by atoms with Gasteiger partial charge in [-0.2, -0.15) is 12.8 Å². The molecule has 0 aliphatic heterocycles. The van der Waals surface area contributed by atoms with Gasteiger partial charge in [0.15, 0.2) is 0 Å². The number of hydrogen-bond donors (Lipinski definition) is 0. The van der Waals surface area contributed by atoms with Gasteiger partial charge in [0.1, 0.15) is 0 Å². The molecule has 0 bridgehead atoms. The quantitative estimate of drug-likeness (QED) is 0.588. The number of hydrogen-bond acceptors (Lipinski definition) is 0. The van der Waals surface area contributed by atoms with Crippen LogP contribution in [0.25, 0.3) is 0 Å². The average Bonchev–Trinajstić information content (AvgIpc) is 1.72. The van der Waals surface area contributed by atoms with Gasteiger partial charge in [0, 0.05) is 0 Å². The Bertz CT molecular complexity index is 19.7. The second kappa shape index (κ2) is 4.84. The maximum absolute atomic E-state index is 2.34. The Balaban J connectivity index is 0.000000360. The van der Waals surface area contributed by atoms with Gasteiger partial charge in [-0.15, -0.1) is 6.42 Å². The van der Waals surface area contributed by atoms with Crippen LogP contribution in [0, 0.1) is 12.8 Å². The zero-order valence-electron chi connectivity index (χ0n) is 4.39. The van der Waals surface area contributed by atoms with E-state index in [-0.39, 0.29) is 21.1 Å². The van der Waals surface area contributed by atoms with Gasteiger partial charge in [-0.05, 0) is 0 Å². The first-order valence-corrected chi connectivity index (χ1v) is 2.63. The third-order valence-corrected chi connectivity index (χ3v) is 1.15.